The lowest BCUT2D eigenvalue weighted by molar-refractivity contribution is -0.125. The molecule has 1 heterocycles. The quantitative estimate of drug-likeness (QED) is 0.421. The van der Waals surface area contributed by atoms with Crippen LogP contribution in [-0.2, 0) is 4.79 Å². The van der Waals surface area contributed by atoms with Gasteiger partial charge < -0.3 is 4.74 Å². The third-order valence-corrected chi connectivity index (χ3v) is 6.40. The number of hydrogen-bond donors (Lipinski definition) is 0. The molecule has 1 saturated heterocycles. The highest BCUT2D eigenvalue weighted by atomic mass is 35.5. The fourth-order valence-electron chi connectivity index (χ4n) is 3.27. The molecule has 0 N–H and O–H groups in total. The molecule has 4 rings (SSSR count). The van der Waals surface area contributed by atoms with Gasteiger partial charge in [0, 0.05) is 10.6 Å². The number of carbonyl (C=O) groups excluding carboxylic acids is 1. The molecule has 136 valence electrons. The smallest absolute Gasteiger partial charge is 0.262 e. The minimum atomic E-state index is -1.08. The fraction of sp³-hybridized carbons (Fsp3) is 0.136. The summed E-state index contributed by atoms with van der Waals surface area (Å²) in [4.78, 5) is 15.9. The van der Waals surface area contributed by atoms with Gasteiger partial charge in [0.15, 0.2) is 4.21 Å². The first-order valence-electron chi connectivity index (χ1n) is 8.59. The predicted octanol–water partition coefficient (Wildman–Crippen LogP) is 5.51. The third kappa shape index (κ3) is 3.20. The van der Waals surface area contributed by atoms with Gasteiger partial charge in [0.05, 0.1) is 13.2 Å². The van der Waals surface area contributed by atoms with Crippen molar-refractivity contribution in [1.82, 2.24) is 0 Å². The Bertz CT molecular complexity index is 934. The monoisotopic (exact) mass is 395 g/mol. The van der Waals surface area contributed by atoms with Crippen LogP contribution in [0.4, 0.5) is 5.69 Å². The van der Waals surface area contributed by atoms with Crippen LogP contribution in [0.25, 0.3) is 0 Å². The molecule has 3 aromatic carbocycles. The molecule has 5 heteroatoms. The van der Waals surface area contributed by atoms with Crippen molar-refractivity contribution in [3.05, 3.63) is 90.5 Å². The number of alkyl halides is 1. The number of carbonyl (C=O) groups is 1. The van der Waals surface area contributed by atoms with E-state index < -0.39 is 4.21 Å². The van der Waals surface area contributed by atoms with Gasteiger partial charge in [0.2, 0.25) is 0 Å². The lowest BCUT2D eigenvalue weighted by Crippen LogP contribution is -2.64. The molecule has 0 spiro atoms. The SMILES string of the molecule is COc1ccc(N2C(=O)[C@@](Cl)(Sc3ccccc3)[C@@H]2c2ccccc2)cc1. The number of anilines is 1. The molecular weight excluding hydrogens is 378 g/mol. The standard InChI is InChI=1S/C22H18ClNO2S/c1-26-18-14-12-17(13-15-18)24-20(16-8-4-2-5-9-16)22(23,21(24)25)27-19-10-6-3-7-11-19/h2-15,20H,1H3/t20-,22-/m0/s1. The number of β-lactam (4-membered cyclic amide) rings is 1. The summed E-state index contributed by atoms with van der Waals surface area (Å²) in [7, 11) is 1.62. The average Bonchev–Trinajstić information content (AvgIpc) is 2.73. The van der Waals surface area contributed by atoms with E-state index in [0.717, 1.165) is 21.9 Å². The summed E-state index contributed by atoms with van der Waals surface area (Å²) in [6, 6.07) is 26.9. The summed E-state index contributed by atoms with van der Waals surface area (Å²) in [6.45, 7) is 0. The van der Waals surface area contributed by atoms with Crippen LogP contribution >= 0.6 is 23.4 Å². The highest BCUT2D eigenvalue weighted by Gasteiger charge is 2.61. The Morgan fingerprint density at radius 3 is 2.11 bits per heavy atom. The van der Waals surface area contributed by atoms with Crippen LogP contribution in [0.3, 0.4) is 0 Å². The van der Waals surface area contributed by atoms with Gasteiger partial charge in [-0.15, -0.1) is 0 Å². The predicted molar refractivity (Wildman–Crippen MR) is 111 cm³/mol. The van der Waals surface area contributed by atoms with E-state index in [1.165, 1.54) is 11.8 Å². The van der Waals surface area contributed by atoms with Gasteiger partial charge in [0.25, 0.3) is 5.91 Å². The molecule has 0 aromatic heterocycles. The number of amides is 1. The van der Waals surface area contributed by atoms with Gasteiger partial charge >= 0.3 is 0 Å². The van der Waals surface area contributed by atoms with Crippen LogP contribution in [0.15, 0.2) is 89.8 Å². The Morgan fingerprint density at radius 2 is 1.52 bits per heavy atom. The zero-order chi connectivity index (χ0) is 18.9. The molecule has 3 aromatic rings. The van der Waals surface area contributed by atoms with Gasteiger partial charge in [-0.1, -0.05) is 71.9 Å². The van der Waals surface area contributed by atoms with Crippen molar-refractivity contribution < 1.29 is 9.53 Å². The van der Waals surface area contributed by atoms with E-state index in [9.17, 15) is 4.79 Å². The van der Waals surface area contributed by atoms with Crippen molar-refractivity contribution in [1.29, 1.82) is 0 Å². The number of nitrogens with zero attached hydrogens (tertiary/aromatic N) is 1. The second kappa shape index (κ2) is 7.29. The summed E-state index contributed by atoms with van der Waals surface area (Å²) < 4.78 is 4.14. The summed E-state index contributed by atoms with van der Waals surface area (Å²) in [6.07, 6.45) is 0. The molecule has 1 aliphatic rings. The van der Waals surface area contributed by atoms with Crippen molar-refractivity contribution in [2.75, 3.05) is 12.0 Å². The maximum atomic E-state index is 13.2. The Hall–Kier alpha value is -2.43. The van der Waals surface area contributed by atoms with Crippen molar-refractivity contribution in [3.8, 4) is 5.75 Å². The van der Waals surface area contributed by atoms with Crippen LogP contribution < -0.4 is 9.64 Å². The molecule has 1 aliphatic heterocycles. The zero-order valence-electron chi connectivity index (χ0n) is 14.7. The fourth-order valence-corrected chi connectivity index (χ4v) is 5.02. The number of halogens is 1. The largest absolute Gasteiger partial charge is 0.497 e. The molecule has 1 amide bonds. The third-order valence-electron chi connectivity index (χ3n) is 4.60. The molecule has 0 unspecified atom stereocenters. The van der Waals surface area contributed by atoms with Crippen LogP contribution in [0, 0.1) is 0 Å². The van der Waals surface area contributed by atoms with E-state index in [0.29, 0.717) is 0 Å². The van der Waals surface area contributed by atoms with Crippen molar-refractivity contribution in [2.45, 2.75) is 15.1 Å². The minimum absolute atomic E-state index is 0.114. The molecule has 0 saturated carbocycles. The minimum Gasteiger partial charge on any atom is -0.497 e. The normalized spacial score (nSPS) is 21.6. The van der Waals surface area contributed by atoms with E-state index in [2.05, 4.69) is 0 Å². The van der Waals surface area contributed by atoms with Gasteiger partial charge in [-0.05, 0) is 42.0 Å². The Morgan fingerprint density at radius 1 is 0.926 bits per heavy atom. The van der Waals surface area contributed by atoms with Crippen LogP contribution in [0.5, 0.6) is 5.75 Å². The van der Waals surface area contributed by atoms with E-state index in [-0.39, 0.29) is 11.9 Å². The topological polar surface area (TPSA) is 29.5 Å². The molecular formula is C22H18ClNO2S. The highest BCUT2D eigenvalue weighted by Crippen LogP contribution is 2.58. The van der Waals surface area contributed by atoms with Crippen LogP contribution in [0.2, 0.25) is 0 Å². The summed E-state index contributed by atoms with van der Waals surface area (Å²) in [5.74, 6) is 0.635. The number of ether oxygens (including phenoxy) is 1. The van der Waals surface area contributed by atoms with E-state index in [4.69, 9.17) is 16.3 Å². The lowest BCUT2D eigenvalue weighted by atomic mass is 9.91. The van der Waals surface area contributed by atoms with Gasteiger partial charge in [-0.3, -0.25) is 9.69 Å². The molecule has 3 nitrogen and oxygen atoms in total. The number of thioether (sulfide) groups is 1. The average molecular weight is 396 g/mol. The summed E-state index contributed by atoms with van der Waals surface area (Å²) >= 11 is 8.34. The molecule has 2 atom stereocenters. The van der Waals surface area contributed by atoms with Crippen LogP contribution in [-0.4, -0.2) is 17.2 Å². The second-order valence-electron chi connectivity index (χ2n) is 6.25. The van der Waals surface area contributed by atoms with Crippen molar-refractivity contribution >= 4 is 35.0 Å². The first-order valence-corrected chi connectivity index (χ1v) is 9.78. The number of benzene rings is 3. The first kappa shape index (κ1) is 18.0. The Kier molecular flexibility index (Phi) is 4.85. The number of hydrogen-bond acceptors (Lipinski definition) is 3. The summed E-state index contributed by atoms with van der Waals surface area (Å²) in [5.41, 5.74) is 1.81. The molecule has 27 heavy (non-hydrogen) atoms. The highest BCUT2D eigenvalue weighted by molar-refractivity contribution is 8.03. The van der Waals surface area contributed by atoms with Crippen LogP contribution in [0.1, 0.15) is 11.6 Å². The van der Waals surface area contributed by atoms with E-state index >= 15 is 0 Å². The maximum Gasteiger partial charge on any atom is 0.262 e. The van der Waals surface area contributed by atoms with E-state index in [1.807, 2.05) is 84.9 Å². The molecule has 0 aliphatic carbocycles. The number of rotatable bonds is 5. The second-order valence-corrected chi connectivity index (χ2v) is 8.39. The Labute approximate surface area is 167 Å². The summed E-state index contributed by atoms with van der Waals surface area (Å²) in [5, 5.41) is 0. The molecule has 1 fully saturated rings. The zero-order valence-corrected chi connectivity index (χ0v) is 16.3. The van der Waals surface area contributed by atoms with Gasteiger partial charge in [-0.2, -0.15) is 0 Å². The first-order chi connectivity index (χ1) is 13.1. The number of methoxy groups -OCH3 is 1. The molecule has 0 radical (unpaired) electrons. The van der Waals surface area contributed by atoms with Crippen molar-refractivity contribution in [2.24, 2.45) is 0 Å². The lowest BCUT2D eigenvalue weighted by Gasteiger charge is -2.52. The van der Waals surface area contributed by atoms with E-state index in [1.54, 1.807) is 12.0 Å². The Balaban J connectivity index is 1.72. The maximum absolute atomic E-state index is 13.2. The molecule has 0 bridgehead atoms. The van der Waals surface area contributed by atoms with Gasteiger partial charge in [0.1, 0.15) is 5.75 Å². The van der Waals surface area contributed by atoms with Gasteiger partial charge in [-0.25, -0.2) is 0 Å². The van der Waals surface area contributed by atoms with Crippen molar-refractivity contribution in [3.63, 3.8) is 0 Å².